The molecule has 0 fully saturated rings. The van der Waals surface area contributed by atoms with Gasteiger partial charge < -0.3 is 4.55 Å². The Balaban J connectivity index is 0. The first-order valence-electron chi connectivity index (χ1n) is 1.53. The second-order valence-electron chi connectivity index (χ2n) is 0.829. The molecule has 0 N–H and O–H groups in total. The molecule has 0 aliphatic carbocycles. The zero-order chi connectivity index (χ0) is 6.62. The van der Waals surface area contributed by atoms with Gasteiger partial charge in [0.1, 0.15) is 6.61 Å². The molecule has 0 saturated carbocycles. The standard InChI is InChI=1S/C2H3NO3S2.Na/c3-1-2-6-8(4,5)7;/h2H2,(H,4,5,7);/q;+1/p-1. The van der Waals surface area contributed by atoms with Gasteiger partial charge in [-0.2, -0.15) is 5.26 Å². The fourth-order valence-corrected chi connectivity index (χ4v) is 0.440. The summed E-state index contributed by atoms with van der Waals surface area (Å²) in [6.45, 7) is -0.508. The summed E-state index contributed by atoms with van der Waals surface area (Å²) in [5.74, 6) is 0. The van der Waals surface area contributed by atoms with Crippen molar-refractivity contribution < 1.29 is 42.5 Å². The maximum atomic E-state index is 9.83. The van der Waals surface area contributed by atoms with Crippen LogP contribution < -0.4 is 29.6 Å². The molecular weight excluding hydrogens is 173 g/mol. The molecule has 0 aromatic heterocycles. The Morgan fingerprint density at radius 2 is 2.33 bits per heavy atom. The molecule has 0 aliphatic rings. The van der Waals surface area contributed by atoms with Crippen LogP contribution in [0.25, 0.3) is 0 Å². The van der Waals surface area contributed by atoms with Gasteiger partial charge in [-0.15, -0.1) is 0 Å². The largest absolute Gasteiger partial charge is 1.00 e. The Morgan fingerprint density at radius 3 is 2.44 bits per heavy atom. The molecule has 0 saturated heterocycles. The van der Waals surface area contributed by atoms with Crippen LogP contribution in [0.15, 0.2) is 0 Å². The predicted molar refractivity (Wildman–Crippen MR) is 27.8 cm³/mol. The van der Waals surface area contributed by atoms with Gasteiger partial charge in [0.15, 0.2) is 0 Å². The summed E-state index contributed by atoms with van der Waals surface area (Å²) in [7, 11) is -3.83. The van der Waals surface area contributed by atoms with Crippen LogP contribution in [0.3, 0.4) is 0 Å². The van der Waals surface area contributed by atoms with Gasteiger partial charge in [0.05, 0.1) is 15.1 Å². The van der Waals surface area contributed by atoms with Crippen LogP contribution in [0.1, 0.15) is 0 Å². The van der Waals surface area contributed by atoms with Gasteiger partial charge >= 0.3 is 29.6 Å². The Kier molecular flexibility index (Phi) is 7.69. The molecule has 9 heavy (non-hydrogen) atoms. The van der Waals surface area contributed by atoms with Crippen molar-refractivity contribution in [1.82, 2.24) is 0 Å². The summed E-state index contributed by atoms with van der Waals surface area (Å²) in [6, 6.07) is 1.46. The Bertz CT molecular complexity index is 192. The topological polar surface area (TPSA) is 73.1 Å². The third-order valence-corrected chi connectivity index (χ3v) is 0.963. The van der Waals surface area contributed by atoms with Crippen LogP contribution in [0.5, 0.6) is 0 Å². The van der Waals surface area contributed by atoms with Crippen LogP contribution in [0.2, 0.25) is 0 Å². The molecule has 0 bridgehead atoms. The third-order valence-electron chi connectivity index (χ3n) is 0.268. The average molecular weight is 175 g/mol. The summed E-state index contributed by atoms with van der Waals surface area (Å²) in [5, 5.41) is 7.74. The molecule has 46 valence electrons. The molecule has 1 unspecified atom stereocenters. The maximum Gasteiger partial charge on any atom is 1.00 e. The zero-order valence-electron chi connectivity index (χ0n) is 4.70. The van der Waals surface area contributed by atoms with E-state index in [1.54, 1.807) is 0 Å². The van der Waals surface area contributed by atoms with Crippen molar-refractivity contribution in [2.24, 2.45) is 0 Å². The number of hydrogen-bond acceptors (Lipinski definition) is 5. The molecule has 7 heteroatoms. The average Bonchev–Trinajstić information content (AvgIpc) is 1.59. The first-order valence-corrected chi connectivity index (χ1v) is 3.87. The minimum absolute atomic E-state index is 0. The van der Waals surface area contributed by atoms with E-state index in [1.165, 1.54) is 6.07 Å². The molecule has 0 aromatic rings. The van der Waals surface area contributed by atoms with E-state index in [1.807, 2.05) is 0 Å². The van der Waals surface area contributed by atoms with Gasteiger partial charge in [0.25, 0.3) is 0 Å². The van der Waals surface area contributed by atoms with Gasteiger partial charge in [-0.3, -0.25) is 4.18 Å². The van der Waals surface area contributed by atoms with E-state index < -0.39 is 15.7 Å². The zero-order valence-corrected chi connectivity index (χ0v) is 8.33. The van der Waals surface area contributed by atoms with Crippen molar-refractivity contribution in [1.29, 1.82) is 5.26 Å². The van der Waals surface area contributed by atoms with E-state index in [4.69, 9.17) is 5.26 Å². The van der Waals surface area contributed by atoms with E-state index in [2.05, 4.69) is 15.4 Å². The first-order chi connectivity index (χ1) is 3.56. The summed E-state index contributed by atoms with van der Waals surface area (Å²) < 4.78 is 23.5. The minimum atomic E-state index is -3.83. The Morgan fingerprint density at radius 1 is 1.89 bits per heavy atom. The molecule has 0 aliphatic heterocycles. The smallest absolute Gasteiger partial charge is 0.748 e. The molecule has 0 radical (unpaired) electrons. The molecule has 1 atom stereocenters. The van der Waals surface area contributed by atoms with Crippen molar-refractivity contribution in [3.63, 3.8) is 0 Å². The normalized spacial score (nSPS) is 14.7. The van der Waals surface area contributed by atoms with E-state index in [0.717, 1.165) is 0 Å². The molecular formula is C2H2NNaO3S2. The van der Waals surface area contributed by atoms with Crippen LogP contribution in [-0.4, -0.2) is 15.4 Å². The van der Waals surface area contributed by atoms with Gasteiger partial charge in [-0.05, 0) is 11.2 Å². The monoisotopic (exact) mass is 175 g/mol. The second kappa shape index (κ2) is 5.56. The van der Waals surface area contributed by atoms with E-state index in [0.29, 0.717) is 0 Å². The van der Waals surface area contributed by atoms with Crippen molar-refractivity contribution in [3.05, 3.63) is 0 Å². The third kappa shape index (κ3) is 12.1. The van der Waals surface area contributed by atoms with Gasteiger partial charge in [0.2, 0.25) is 0 Å². The number of hydrogen-bond donors (Lipinski definition) is 0. The molecule has 0 aromatic carbocycles. The van der Waals surface area contributed by atoms with E-state index in [9.17, 15) is 8.76 Å². The number of nitrogens with zero attached hydrogens (tertiary/aromatic N) is 1. The fraction of sp³-hybridized carbons (Fsp3) is 0.500. The van der Waals surface area contributed by atoms with Gasteiger partial charge in [-0.25, -0.2) is 4.21 Å². The summed E-state index contributed by atoms with van der Waals surface area (Å²) in [6.07, 6.45) is 0. The second-order valence-corrected chi connectivity index (χ2v) is 3.11. The predicted octanol–water partition coefficient (Wildman–Crippen LogP) is -3.68. The SMILES string of the molecule is N#CCOS(=O)([O-])=S.[Na+]. The Labute approximate surface area is 80.2 Å². The molecule has 0 spiro atoms. The van der Waals surface area contributed by atoms with Crippen LogP contribution >= 0.6 is 0 Å². The van der Waals surface area contributed by atoms with E-state index in [-0.39, 0.29) is 29.6 Å². The van der Waals surface area contributed by atoms with Crippen LogP contribution in [0.4, 0.5) is 0 Å². The first kappa shape index (κ1) is 12.5. The van der Waals surface area contributed by atoms with Gasteiger partial charge in [-0.1, -0.05) is 0 Å². The van der Waals surface area contributed by atoms with Crippen molar-refractivity contribution in [2.75, 3.05) is 6.61 Å². The molecule has 0 amide bonds. The fourth-order valence-electron chi connectivity index (χ4n) is 0.0985. The van der Waals surface area contributed by atoms with Crippen LogP contribution in [-0.2, 0) is 24.4 Å². The van der Waals surface area contributed by atoms with Crippen molar-refractivity contribution >= 4 is 20.2 Å². The molecule has 4 nitrogen and oxygen atoms in total. The Hall–Kier alpha value is 0.780. The summed E-state index contributed by atoms with van der Waals surface area (Å²) in [4.78, 5) is 0. The molecule has 0 rings (SSSR count). The quantitative estimate of drug-likeness (QED) is 0.404. The van der Waals surface area contributed by atoms with E-state index >= 15 is 0 Å². The molecule has 0 heterocycles. The summed E-state index contributed by atoms with van der Waals surface area (Å²) in [5.41, 5.74) is 0. The van der Waals surface area contributed by atoms with Crippen molar-refractivity contribution in [2.45, 2.75) is 0 Å². The number of rotatable bonds is 2. The maximum absolute atomic E-state index is 9.83. The summed E-state index contributed by atoms with van der Waals surface area (Å²) >= 11 is 3.75. The van der Waals surface area contributed by atoms with Crippen molar-refractivity contribution in [3.8, 4) is 6.07 Å². The van der Waals surface area contributed by atoms with Gasteiger partial charge in [0, 0.05) is 0 Å². The minimum Gasteiger partial charge on any atom is -0.748 e. The van der Waals surface area contributed by atoms with Crippen LogP contribution in [0, 0.1) is 11.3 Å². The number of nitriles is 1.